The highest BCUT2D eigenvalue weighted by molar-refractivity contribution is 9.10. The Hall–Kier alpha value is -0.410. The standard InChI is InChI=1S/C9H13BrN2O4S/c10-9-8(3-7(4-11)16-9)17(13,14)12-6-1-2-15-5-6/h3,6,12H,1-2,4-5,11H2. The molecular weight excluding hydrogens is 312 g/mol. The van der Waals surface area contributed by atoms with Crippen LogP contribution in [0.2, 0.25) is 0 Å². The van der Waals surface area contributed by atoms with Crippen molar-refractivity contribution in [3.63, 3.8) is 0 Å². The summed E-state index contributed by atoms with van der Waals surface area (Å²) in [4.78, 5) is 0.0739. The van der Waals surface area contributed by atoms with E-state index < -0.39 is 10.0 Å². The van der Waals surface area contributed by atoms with Crippen LogP contribution in [-0.4, -0.2) is 27.7 Å². The molecule has 1 aliphatic heterocycles. The fourth-order valence-electron chi connectivity index (χ4n) is 1.59. The van der Waals surface area contributed by atoms with Crippen molar-refractivity contribution in [2.75, 3.05) is 13.2 Å². The van der Waals surface area contributed by atoms with Crippen LogP contribution in [0.25, 0.3) is 0 Å². The first-order chi connectivity index (χ1) is 8.03. The maximum Gasteiger partial charge on any atom is 0.245 e. The van der Waals surface area contributed by atoms with Crippen molar-refractivity contribution >= 4 is 26.0 Å². The van der Waals surface area contributed by atoms with E-state index in [0.717, 1.165) is 0 Å². The number of hydrogen-bond donors (Lipinski definition) is 2. The number of nitrogens with two attached hydrogens (primary N) is 1. The molecule has 3 N–H and O–H groups in total. The third-order valence-corrected chi connectivity index (χ3v) is 4.83. The molecule has 1 fully saturated rings. The molecule has 0 bridgehead atoms. The molecule has 6 nitrogen and oxygen atoms in total. The first kappa shape index (κ1) is 13.0. The lowest BCUT2D eigenvalue weighted by molar-refractivity contribution is 0.192. The molecule has 1 aromatic rings. The highest BCUT2D eigenvalue weighted by Crippen LogP contribution is 2.26. The number of sulfonamides is 1. The van der Waals surface area contributed by atoms with Crippen LogP contribution in [0.5, 0.6) is 0 Å². The SMILES string of the molecule is NCc1cc(S(=O)(=O)NC2CCOC2)c(Br)o1. The Morgan fingerprint density at radius 2 is 2.35 bits per heavy atom. The van der Waals surface area contributed by atoms with Gasteiger partial charge in [0, 0.05) is 18.7 Å². The first-order valence-corrected chi connectivity index (χ1v) is 7.39. The van der Waals surface area contributed by atoms with Crippen LogP contribution in [0, 0.1) is 0 Å². The molecule has 2 heterocycles. The van der Waals surface area contributed by atoms with Crippen molar-refractivity contribution < 1.29 is 17.6 Å². The van der Waals surface area contributed by atoms with Gasteiger partial charge in [0.25, 0.3) is 0 Å². The van der Waals surface area contributed by atoms with Gasteiger partial charge >= 0.3 is 0 Å². The Morgan fingerprint density at radius 3 is 2.88 bits per heavy atom. The maximum absolute atomic E-state index is 12.0. The number of nitrogens with one attached hydrogen (secondary N) is 1. The molecule has 1 aromatic heterocycles. The minimum absolute atomic E-state index is 0.0739. The van der Waals surface area contributed by atoms with Gasteiger partial charge in [-0.1, -0.05) is 0 Å². The zero-order chi connectivity index (χ0) is 12.5. The van der Waals surface area contributed by atoms with Crippen LogP contribution in [0.1, 0.15) is 12.2 Å². The molecule has 0 spiro atoms. The molecule has 0 saturated carbocycles. The van der Waals surface area contributed by atoms with Crippen molar-refractivity contribution in [1.29, 1.82) is 0 Å². The van der Waals surface area contributed by atoms with Crippen LogP contribution in [0.15, 0.2) is 20.0 Å². The van der Waals surface area contributed by atoms with Crippen molar-refractivity contribution in [3.8, 4) is 0 Å². The molecule has 8 heteroatoms. The van der Waals surface area contributed by atoms with E-state index in [1.54, 1.807) is 0 Å². The lowest BCUT2D eigenvalue weighted by Gasteiger charge is -2.09. The summed E-state index contributed by atoms with van der Waals surface area (Å²) in [5.41, 5.74) is 5.39. The number of halogens is 1. The van der Waals surface area contributed by atoms with Crippen LogP contribution in [0.4, 0.5) is 0 Å². The third-order valence-electron chi connectivity index (χ3n) is 2.45. The van der Waals surface area contributed by atoms with Crippen molar-refractivity contribution in [2.24, 2.45) is 5.73 Å². The molecular formula is C9H13BrN2O4S. The molecule has 96 valence electrons. The molecule has 1 atom stereocenters. The number of furan rings is 1. The second kappa shape index (κ2) is 5.07. The smallest absolute Gasteiger partial charge is 0.245 e. The molecule has 1 unspecified atom stereocenters. The second-order valence-corrected chi connectivity index (χ2v) is 6.14. The predicted molar refractivity (Wildman–Crippen MR) is 63.8 cm³/mol. The van der Waals surface area contributed by atoms with E-state index in [2.05, 4.69) is 20.7 Å². The van der Waals surface area contributed by atoms with E-state index in [0.29, 0.717) is 25.4 Å². The molecule has 0 aliphatic carbocycles. The van der Waals surface area contributed by atoms with Gasteiger partial charge in [0.1, 0.15) is 10.7 Å². The summed E-state index contributed by atoms with van der Waals surface area (Å²) in [5, 5.41) is 0. The van der Waals surface area contributed by atoms with Gasteiger partial charge in [-0.3, -0.25) is 0 Å². The van der Waals surface area contributed by atoms with Gasteiger partial charge in [-0.25, -0.2) is 13.1 Å². The van der Waals surface area contributed by atoms with Gasteiger partial charge in [0.05, 0.1) is 13.2 Å². The highest BCUT2D eigenvalue weighted by Gasteiger charge is 2.27. The van der Waals surface area contributed by atoms with E-state index in [9.17, 15) is 8.42 Å². The largest absolute Gasteiger partial charge is 0.452 e. The topological polar surface area (TPSA) is 94.6 Å². The van der Waals surface area contributed by atoms with Crippen molar-refractivity contribution in [2.45, 2.75) is 23.9 Å². The van der Waals surface area contributed by atoms with Crippen LogP contribution < -0.4 is 10.5 Å². The minimum atomic E-state index is -3.59. The summed E-state index contributed by atoms with van der Waals surface area (Å²) in [6.07, 6.45) is 0.679. The van der Waals surface area contributed by atoms with Crippen LogP contribution in [-0.2, 0) is 21.3 Å². The summed E-state index contributed by atoms with van der Waals surface area (Å²) in [5.74, 6) is 0.417. The fraction of sp³-hybridized carbons (Fsp3) is 0.556. The molecule has 1 saturated heterocycles. The van der Waals surface area contributed by atoms with E-state index in [-0.39, 0.29) is 22.2 Å². The number of hydrogen-bond acceptors (Lipinski definition) is 5. The Morgan fingerprint density at radius 1 is 1.59 bits per heavy atom. The van der Waals surface area contributed by atoms with Crippen LogP contribution >= 0.6 is 15.9 Å². The number of rotatable bonds is 4. The highest BCUT2D eigenvalue weighted by atomic mass is 79.9. The van der Waals surface area contributed by atoms with Gasteiger partial charge in [-0.05, 0) is 22.4 Å². The first-order valence-electron chi connectivity index (χ1n) is 5.11. The average molecular weight is 325 g/mol. The van der Waals surface area contributed by atoms with Crippen LogP contribution in [0.3, 0.4) is 0 Å². The summed E-state index contributed by atoms with van der Waals surface area (Å²) in [6.45, 7) is 1.13. The lowest BCUT2D eigenvalue weighted by atomic mass is 10.3. The van der Waals surface area contributed by atoms with Gasteiger partial charge in [-0.2, -0.15) is 0 Å². The summed E-state index contributed by atoms with van der Waals surface area (Å²) in [6, 6.07) is 1.24. The van der Waals surface area contributed by atoms with Gasteiger partial charge in [0.15, 0.2) is 4.67 Å². The zero-order valence-corrected chi connectivity index (χ0v) is 11.4. The lowest BCUT2D eigenvalue weighted by Crippen LogP contribution is -2.34. The summed E-state index contributed by atoms with van der Waals surface area (Å²) in [7, 11) is -3.59. The van der Waals surface area contributed by atoms with Gasteiger partial charge in [0.2, 0.25) is 10.0 Å². The van der Waals surface area contributed by atoms with E-state index in [1.807, 2.05) is 0 Å². The van der Waals surface area contributed by atoms with E-state index >= 15 is 0 Å². The third kappa shape index (κ3) is 2.89. The van der Waals surface area contributed by atoms with Gasteiger partial charge in [-0.15, -0.1) is 0 Å². The fourth-order valence-corrected chi connectivity index (χ4v) is 3.84. The van der Waals surface area contributed by atoms with E-state index in [1.165, 1.54) is 6.07 Å². The van der Waals surface area contributed by atoms with E-state index in [4.69, 9.17) is 14.9 Å². The normalized spacial score (nSPS) is 20.9. The summed E-state index contributed by atoms with van der Waals surface area (Å²) < 4.78 is 37.1. The zero-order valence-electron chi connectivity index (χ0n) is 8.98. The minimum Gasteiger partial charge on any atom is -0.452 e. The molecule has 1 aliphatic rings. The molecule has 2 rings (SSSR count). The Bertz CT molecular complexity index is 493. The molecule has 0 aromatic carbocycles. The van der Waals surface area contributed by atoms with Gasteiger partial charge < -0.3 is 14.9 Å². The monoisotopic (exact) mass is 324 g/mol. The Kier molecular flexibility index (Phi) is 3.88. The predicted octanol–water partition coefficient (Wildman–Crippen LogP) is 0.568. The quantitative estimate of drug-likeness (QED) is 0.844. The molecule has 0 radical (unpaired) electrons. The Balaban J connectivity index is 2.21. The Labute approximate surface area is 108 Å². The average Bonchev–Trinajstić information content (AvgIpc) is 2.86. The molecule has 17 heavy (non-hydrogen) atoms. The molecule has 0 amide bonds. The van der Waals surface area contributed by atoms with Crippen molar-refractivity contribution in [1.82, 2.24) is 4.72 Å². The second-order valence-electron chi connectivity index (χ2n) is 3.74. The number of ether oxygens (including phenoxy) is 1. The summed E-state index contributed by atoms with van der Waals surface area (Å²) >= 11 is 3.07. The maximum atomic E-state index is 12.0. The van der Waals surface area contributed by atoms with Crippen molar-refractivity contribution in [3.05, 3.63) is 16.5 Å².